The molecule has 0 heterocycles. The molecule has 0 radical (unpaired) electrons. The molecule has 0 aliphatic heterocycles. The van der Waals surface area contributed by atoms with Crippen LogP contribution in [0.4, 0.5) is 10.1 Å². The Kier molecular flexibility index (Phi) is 3.20. The fourth-order valence-corrected chi connectivity index (χ4v) is 1.67. The molecule has 0 amide bonds. The Morgan fingerprint density at radius 1 is 1.12 bits per heavy atom. The van der Waals surface area contributed by atoms with E-state index in [2.05, 4.69) is 0 Å². The average Bonchev–Trinajstić information content (AvgIpc) is 2.25. The van der Waals surface area contributed by atoms with E-state index in [9.17, 15) is 4.39 Å². The Balaban J connectivity index is 2.31. The quantitative estimate of drug-likeness (QED) is 0.814. The molecule has 0 saturated carbocycles. The summed E-state index contributed by atoms with van der Waals surface area (Å²) in [7, 11) is 0. The minimum atomic E-state index is -0.487. The number of nitrogens with two attached hydrogens (primary N) is 1. The third-order valence-corrected chi connectivity index (χ3v) is 2.55. The third-order valence-electron chi connectivity index (χ3n) is 2.31. The first-order valence-corrected chi connectivity index (χ1v) is 5.43. The van der Waals surface area contributed by atoms with Crippen LogP contribution in [0.25, 0.3) is 0 Å². The number of hydrogen-bond acceptors (Lipinski definition) is 2. The third kappa shape index (κ3) is 2.68. The van der Waals surface area contributed by atoms with Gasteiger partial charge < -0.3 is 10.5 Å². The normalized spacial score (nSPS) is 10.3. The lowest BCUT2D eigenvalue weighted by Crippen LogP contribution is -1.92. The first-order valence-electron chi connectivity index (χ1n) is 5.05. The van der Waals surface area contributed by atoms with E-state index in [0.29, 0.717) is 16.5 Å². The molecule has 2 nitrogen and oxygen atoms in total. The van der Waals surface area contributed by atoms with Crippen LogP contribution >= 0.6 is 11.6 Å². The zero-order chi connectivity index (χ0) is 12.4. The number of benzene rings is 2. The second-order valence-corrected chi connectivity index (χ2v) is 4.14. The highest BCUT2D eigenvalue weighted by Crippen LogP contribution is 2.29. The van der Waals surface area contributed by atoms with Crippen molar-refractivity contribution >= 4 is 17.3 Å². The van der Waals surface area contributed by atoms with E-state index in [4.69, 9.17) is 22.1 Å². The summed E-state index contributed by atoms with van der Waals surface area (Å²) in [6.45, 7) is 1.84. The molecule has 2 N–H and O–H groups in total. The van der Waals surface area contributed by atoms with Gasteiger partial charge in [0.1, 0.15) is 5.75 Å². The first-order chi connectivity index (χ1) is 8.06. The fourth-order valence-electron chi connectivity index (χ4n) is 1.45. The molecule has 88 valence electrons. The number of ether oxygens (including phenoxy) is 1. The van der Waals surface area contributed by atoms with Crippen LogP contribution in [0.2, 0.25) is 5.02 Å². The van der Waals surface area contributed by atoms with Crippen molar-refractivity contribution in [1.29, 1.82) is 0 Å². The summed E-state index contributed by atoms with van der Waals surface area (Å²) in [4.78, 5) is 0. The number of rotatable bonds is 2. The second kappa shape index (κ2) is 4.63. The molecule has 0 fully saturated rings. The topological polar surface area (TPSA) is 35.2 Å². The van der Waals surface area contributed by atoms with Gasteiger partial charge in [-0.05, 0) is 42.8 Å². The van der Waals surface area contributed by atoms with Crippen molar-refractivity contribution in [1.82, 2.24) is 0 Å². The molecule has 0 aromatic heterocycles. The van der Waals surface area contributed by atoms with Gasteiger partial charge in [-0.2, -0.15) is 0 Å². The summed E-state index contributed by atoms with van der Waals surface area (Å²) in [5.41, 5.74) is 6.66. The Labute approximate surface area is 104 Å². The summed E-state index contributed by atoms with van der Waals surface area (Å²) in [6, 6.07) is 9.46. The van der Waals surface area contributed by atoms with Crippen LogP contribution in [0, 0.1) is 12.7 Å². The highest BCUT2D eigenvalue weighted by Gasteiger charge is 2.07. The summed E-state index contributed by atoms with van der Waals surface area (Å²) in [5, 5.41) is 0.618. The van der Waals surface area contributed by atoms with Gasteiger partial charge in [0.25, 0.3) is 0 Å². The Bertz CT molecular complexity index is 508. The number of hydrogen-bond donors (Lipinski definition) is 1. The van der Waals surface area contributed by atoms with Gasteiger partial charge >= 0.3 is 0 Å². The molecule has 2 rings (SSSR count). The van der Waals surface area contributed by atoms with Crippen molar-refractivity contribution in [2.75, 3.05) is 5.73 Å². The average molecular weight is 252 g/mol. The largest absolute Gasteiger partial charge is 0.454 e. The lowest BCUT2D eigenvalue weighted by atomic mass is 10.2. The van der Waals surface area contributed by atoms with E-state index in [1.807, 2.05) is 6.92 Å². The zero-order valence-electron chi connectivity index (χ0n) is 9.21. The molecule has 0 atom stereocenters. The molecule has 0 saturated heterocycles. The van der Waals surface area contributed by atoms with Gasteiger partial charge in [-0.25, -0.2) is 4.39 Å². The van der Waals surface area contributed by atoms with Gasteiger partial charge in [0.15, 0.2) is 11.6 Å². The maximum absolute atomic E-state index is 13.5. The summed E-state index contributed by atoms with van der Waals surface area (Å²) in [5.74, 6) is 0.224. The van der Waals surface area contributed by atoms with E-state index in [1.54, 1.807) is 24.3 Å². The van der Waals surface area contributed by atoms with Crippen LogP contribution in [0.1, 0.15) is 5.56 Å². The molecular formula is C13H11ClFNO. The van der Waals surface area contributed by atoms with Crippen LogP contribution in [-0.2, 0) is 0 Å². The van der Waals surface area contributed by atoms with Crippen molar-refractivity contribution in [2.45, 2.75) is 6.92 Å². The zero-order valence-corrected chi connectivity index (χ0v) is 9.96. The standard InChI is InChI=1S/C13H11ClFNO/c1-8-6-9(14)2-4-12(8)17-13-5-3-10(16)7-11(13)15/h2-7H,16H2,1H3. The lowest BCUT2D eigenvalue weighted by Gasteiger charge is -2.09. The highest BCUT2D eigenvalue weighted by molar-refractivity contribution is 6.30. The van der Waals surface area contributed by atoms with Crippen LogP contribution in [0.3, 0.4) is 0 Å². The molecular weight excluding hydrogens is 241 g/mol. The van der Waals surface area contributed by atoms with E-state index in [-0.39, 0.29) is 5.75 Å². The van der Waals surface area contributed by atoms with Crippen LogP contribution in [0.15, 0.2) is 36.4 Å². The Morgan fingerprint density at radius 3 is 2.47 bits per heavy atom. The number of aryl methyl sites for hydroxylation is 1. The highest BCUT2D eigenvalue weighted by atomic mass is 35.5. The Hall–Kier alpha value is -1.74. The maximum atomic E-state index is 13.5. The molecule has 17 heavy (non-hydrogen) atoms. The fraction of sp³-hybridized carbons (Fsp3) is 0.0769. The van der Waals surface area contributed by atoms with Gasteiger partial charge in [0.2, 0.25) is 0 Å². The van der Waals surface area contributed by atoms with E-state index >= 15 is 0 Å². The number of halogens is 2. The van der Waals surface area contributed by atoms with Crippen LogP contribution in [0.5, 0.6) is 11.5 Å². The van der Waals surface area contributed by atoms with Crippen molar-refractivity contribution in [3.05, 3.63) is 52.8 Å². The minimum absolute atomic E-state index is 0.143. The van der Waals surface area contributed by atoms with Crippen molar-refractivity contribution in [2.24, 2.45) is 0 Å². The summed E-state index contributed by atoms with van der Waals surface area (Å²) in [6.07, 6.45) is 0. The van der Waals surface area contributed by atoms with E-state index in [1.165, 1.54) is 12.1 Å². The van der Waals surface area contributed by atoms with Crippen LogP contribution in [-0.4, -0.2) is 0 Å². The monoisotopic (exact) mass is 251 g/mol. The smallest absolute Gasteiger partial charge is 0.167 e. The van der Waals surface area contributed by atoms with Crippen molar-refractivity contribution in [3.63, 3.8) is 0 Å². The predicted molar refractivity (Wildman–Crippen MR) is 67.1 cm³/mol. The molecule has 2 aromatic carbocycles. The first kappa shape index (κ1) is 11.7. The van der Waals surface area contributed by atoms with E-state index < -0.39 is 5.82 Å². The van der Waals surface area contributed by atoms with Gasteiger partial charge in [-0.1, -0.05) is 11.6 Å². The van der Waals surface area contributed by atoms with Crippen molar-refractivity contribution < 1.29 is 9.13 Å². The van der Waals surface area contributed by atoms with Crippen LogP contribution < -0.4 is 10.5 Å². The number of nitrogen functional groups attached to an aromatic ring is 1. The summed E-state index contributed by atoms with van der Waals surface area (Å²) >= 11 is 5.83. The SMILES string of the molecule is Cc1cc(Cl)ccc1Oc1ccc(N)cc1F. The van der Waals surface area contributed by atoms with Gasteiger partial charge in [0, 0.05) is 16.8 Å². The minimum Gasteiger partial charge on any atom is -0.454 e. The van der Waals surface area contributed by atoms with E-state index in [0.717, 1.165) is 5.56 Å². The maximum Gasteiger partial charge on any atom is 0.167 e. The molecule has 2 aromatic rings. The molecule has 0 spiro atoms. The number of anilines is 1. The molecule has 0 unspecified atom stereocenters. The molecule has 0 bridgehead atoms. The molecule has 4 heteroatoms. The summed E-state index contributed by atoms with van der Waals surface area (Å²) < 4.78 is 19.0. The van der Waals surface area contributed by atoms with Gasteiger partial charge in [0.05, 0.1) is 0 Å². The molecule has 0 aliphatic carbocycles. The lowest BCUT2D eigenvalue weighted by molar-refractivity contribution is 0.440. The second-order valence-electron chi connectivity index (χ2n) is 3.70. The molecule has 0 aliphatic rings. The van der Waals surface area contributed by atoms with Gasteiger partial charge in [-0.15, -0.1) is 0 Å². The van der Waals surface area contributed by atoms with Crippen molar-refractivity contribution in [3.8, 4) is 11.5 Å². The van der Waals surface area contributed by atoms with Gasteiger partial charge in [-0.3, -0.25) is 0 Å². The predicted octanol–water partition coefficient (Wildman–Crippen LogP) is 4.16. The Morgan fingerprint density at radius 2 is 1.82 bits per heavy atom.